The van der Waals surface area contributed by atoms with Gasteiger partial charge in [0.15, 0.2) is 10.7 Å². The molecule has 0 saturated heterocycles. The molecule has 4 rings (SSSR count). The second kappa shape index (κ2) is 9.27. The third-order valence-corrected chi connectivity index (χ3v) is 7.15. The van der Waals surface area contributed by atoms with Gasteiger partial charge in [-0.05, 0) is 49.4 Å². The van der Waals surface area contributed by atoms with Gasteiger partial charge in [0.05, 0.1) is 15.5 Å². The van der Waals surface area contributed by atoms with E-state index < -0.39 is 15.7 Å². The number of halogens is 2. The molecule has 3 aromatic carbocycles. The lowest BCUT2D eigenvalue weighted by molar-refractivity contribution is 0.102. The largest absolute Gasteiger partial charge is 0.339 e. The van der Waals surface area contributed by atoms with Crippen LogP contribution in [0.1, 0.15) is 15.9 Å². The third-order valence-electron chi connectivity index (χ3n) is 4.77. The predicted molar refractivity (Wildman–Crippen MR) is 129 cm³/mol. The first-order valence-electron chi connectivity index (χ1n) is 9.74. The van der Waals surface area contributed by atoms with Gasteiger partial charge in [-0.1, -0.05) is 59.1 Å². The number of nitrogens with one attached hydrogen (secondary N) is 3. The molecule has 3 N–H and O–H groups in total. The predicted octanol–water partition coefficient (Wildman–Crippen LogP) is 5.85. The number of hydrogen-bond donors (Lipinski definition) is 3. The van der Waals surface area contributed by atoms with Crippen LogP contribution in [0.25, 0.3) is 0 Å². The summed E-state index contributed by atoms with van der Waals surface area (Å²) >= 11 is 12.0. The molecule has 0 atom stereocenters. The van der Waals surface area contributed by atoms with Crippen molar-refractivity contribution < 1.29 is 13.2 Å². The summed E-state index contributed by atoms with van der Waals surface area (Å²) in [6.45, 7) is 1.86. The van der Waals surface area contributed by atoms with E-state index in [2.05, 4.69) is 20.8 Å². The Kier molecular flexibility index (Phi) is 6.42. The summed E-state index contributed by atoms with van der Waals surface area (Å²) < 4.78 is 27.1. The first kappa shape index (κ1) is 22.8. The van der Waals surface area contributed by atoms with Crippen LogP contribution in [0.15, 0.2) is 82.6 Å². The van der Waals surface area contributed by atoms with Crippen molar-refractivity contribution in [3.8, 4) is 0 Å². The fourth-order valence-corrected chi connectivity index (χ4v) is 5.05. The zero-order valence-electron chi connectivity index (χ0n) is 17.3. The highest BCUT2D eigenvalue weighted by atomic mass is 35.5. The summed E-state index contributed by atoms with van der Waals surface area (Å²) in [7, 11) is -4.06. The minimum Gasteiger partial charge on any atom is -0.339 e. The molecule has 0 radical (unpaired) electrons. The number of para-hydroxylation sites is 1. The van der Waals surface area contributed by atoms with Crippen LogP contribution in [-0.4, -0.2) is 24.5 Å². The Morgan fingerprint density at radius 3 is 2.33 bits per heavy atom. The van der Waals surface area contributed by atoms with Gasteiger partial charge in [-0.25, -0.2) is 8.42 Å². The summed E-state index contributed by atoms with van der Waals surface area (Å²) in [5.41, 5.74) is 1.68. The van der Waals surface area contributed by atoms with Gasteiger partial charge in [-0.3, -0.25) is 9.89 Å². The molecule has 0 aliphatic rings. The molecular formula is C23H18Cl2N4O3S. The summed E-state index contributed by atoms with van der Waals surface area (Å²) in [5.74, 6) is -0.681. The van der Waals surface area contributed by atoms with Gasteiger partial charge in [-0.2, -0.15) is 5.10 Å². The van der Waals surface area contributed by atoms with Crippen molar-refractivity contribution in [3.63, 3.8) is 0 Å². The van der Waals surface area contributed by atoms with Crippen molar-refractivity contribution in [3.05, 3.63) is 94.0 Å². The van der Waals surface area contributed by atoms with Crippen molar-refractivity contribution >= 4 is 56.3 Å². The summed E-state index contributed by atoms with van der Waals surface area (Å²) in [6.07, 6.45) is 0. The molecular weight excluding hydrogens is 483 g/mol. The first-order valence-corrected chi connectivity index (χ1v) is 12.0. The molecule has 0 aliphatic heterocycles. The number of rotatable bonds is 6. The smallest absolute Gasteiger partial charge is 0.258 e. The van der Waals surface area contributed by atoms with Crippen molar-refractivity contribution in [2.45, 2.75) is 16.7 Å². The topological polar surface area (TPSA) is 104 Å². The number of hydrogen-bond acceptors (Lipinski definition) is 5. The monoisotopic (exact) mass is 500 g/mol. The highest BCUT2D eigenvalue weighted by Crippen LogP contribution is 2.34. The molecule has 0 aliphatic carbocycles. The summed E-state index contributed by atoms with van der Waals surface area (Å²) in [6, 6.07) is 19.8. The Morgan fingerprint density at radius 1 is 0.970 bits per heavy atom. The average Bonchev–Trinajstić information content (AvgIpc) is 3.17. The lowest BCUT2D eigenvalue weighted by Gasteiger charge is -2.11. The van der Waals surface area contributed by atoms with Crippen molar-refractivity contribution in [2.24, 2.45) is 0 Å². The molecule has 7 nitrogen and oxygen atoms in total. The zero-order chi connectivity index (χ0) is 23.6. The maximum Gasteiger partial charge on any atom is 0.258 e. The number of H-pyrrole nitrogens is 1. The van der Waals surface area contributed by atoms with Crippen LogP contribution in [0.2, 0.25) is 10.0 Å². The fourth-order valence-electron chi connectivity index (χ4n) is 3.11. The van der Waals surface area contributed by atoms with Crippen LogP contribution in [0.3, 0.4) is 0 Å². The minimum atomic E-state index is -4.06. The Hall–Kier alpha value is -3.33. The van der Waals surface area contributed by atoms with Gasteiger partial charge < -0.3 is 10.6 Å². The highest BCUT2D eigenvalue weighted by Gasteiger charge is 2.30. The Morgan fingerprint density at radius 2 is 1.67 bits per heavy atom. The van der Waals surface area contributed by atoms with Crippen LogP contribution in [-0.2, 0) is 9.84 Å². The molecule has 0 spiro atoms. The molecule has 33 heavy (non-hydrogen) atoms. The quantitative estimate of drug-likeness (QED) is 0.307. The van der Waals surface area contributed by atoms with Crippen molar-refractivity contribution in [1.82, 2.24) is 10.2 Å². The Labute approximate surface area is 200 Å². The van der Waals surface area contributed by atoms with Gasteiger partial charge >= 0.3 is 0 Å². The lowest BCUT2D eigenvalue weighted by Crippen LogP contribution is -2.15. The van der Waals surface area contributed by atoms with E-state index in [1.54, 1.807) is 36.4 Å². The second-order valence-corrected chi connectivity index (χ2v) is 9.89. The van der Waals surface area contributed by atoms with E-state index in [-0.39, 0.29) is 32.0 Å². The van der Waals surface area contributed by atoms with Gasteiger partial charge in [-0.15, -0.1) is 0 Å². The van der Waals surface area contributed by atoms with Crippen LogP contribution in [0.4, 0.5) is 17.3 Å². The standard InChI is InChI=1S/C23H18Cl2N4O3S/c1-14-7-10-17(11-8-14)33(31,32)20-21(26-16-5-3-2-4-6-16)28-29-22(20)27-23(30)18-12-9-15(24)13-19(18)25/h2-13H,1H3,(H3,26,27,28,29,30). The minimum absolute atomic E-state index is 0.0608. The summed E-state index contributed by atoms with van der Waals surface area (Å²) in [4.78, 5) is 12.7. The molecule has 0 unspecified atom stereocenters. The number of carbonyl (C=O) groups is 1. The molecule has 0 saturated carbocycles. The van der Waals surface area contributed by atoms with E-state index >= 15 is 0 Å². The van der Waals surface area contributed by atoms with Crippen molar-refractivity contribution in [1.29, 1.82) is 0 Å². The molecule has 1 heterocycles. The van der Waals surface area contributed by atoms with Crippen LogP contribution < -0.4 is 10.6 Å². The van der Waals surface area contributed by atoms with E-state index in [0.29, 0.717) is 10.7 Å². The van der Waals surface area contributed by atoms with Crippen LogP contribution in [0, 0.1) is 6.92 Å². The number of benzene rings is 3. The Bertz CT molecular complexity index is 1420. The van der Waals surface area contributed by atoms with E-state index in [9.17, 15) is 13.2 Å². The van der Waals surface area contributed by atoms with E-state index in [1.165, 1.54) is 30.3 Å². The second-order valence-electron chi connectivity index (χ2n) is 7.16. The molecule has 1 amide bonds. The van der Waals surface area contributed by atoms with Gasteiger partial charge in [0.25, 0.3) is 5.91 Å². The van der Waals surface area contributed by atoms with Gasteiger partial charge in [0, 0.05) is 10.7 Å². The molecule has 0 bridgehead atoms. The normalized spacial score (nSPS) is 11.2. The molecule has 1 aromatic heterocycles. The number of aromatic nitrogens is 2. The molecule has 10 heteroatoms. The van der Waals surface area contributed by atoms with Crippen LogP contribution in [0.5, 0.6) is 0 Å². The van der Waals surface area contributed by atoms with Gasteiger partial charge in [0.1, 0.15) is 5.82 Å². The van der Waals surface area contributed by atoms with E-state index in [1.807, 2.05) is 13.0 Å². The number of sulfone groups is 1. The number of aryl methyl sites for hydroxylation is 1. The third kappa shape index (κ3) is 4.88. The number of carbonyl (C=O) groups excluding carboxylic acids is 1. The van der Waals surface area contributed by atoms with Crippen molar-refractivity contribution in [2.75, 3.05) is 10.6 Å². The number of amides is 1. The molecule has 168 valence electrons. The molecule has 4 aromatic rings. The Balaban J connectivity index is 1.78. The van der Waals surface area contributed by atoms with E-state index in [4.69, 9.17) is 23.2 Å². The summed E-state index contributed by atoms with van der Waals surface area (Å²) in [5, 5.41) is 12.8. The van der Waals surface area contributed by atoms with E-state index in [0.717, 1.165) is 5.56 Å². The fraction of sp³-hybridized carbons (Fsp3) is 0.0435. The first-order chi connectivity index (χ1) is 15.8. The number of anilines is 3. The number of nitrogens with zero attached hydrogens (tertiary/aromatic N) is 1. The lowest BCUT2D eigenvalue weighted by atomic mass is 10.2. The molecule has 0 fully saturated rings. The van der Waals surface area contributed by atoms with Crippen LogP contribution >= 0.6 is 23.2 Å². The maximum absolute atomic E-state index is 13.6. The van der Waals surface area contributed by atoms with Gasteiger partial charge in [0.2, 0.25) is 9.84 Å². The number of aromatic amines is 1. The highest BCUT2D eigenvalue weighted by molar-refractivity contribution is 7.91. The zero-order valence-corrected chi connectivity index (χ0v) is 19.6. The SMILES string of the molecule is Cc1ccc(S(=O)(=O)c2c(NC(=O)c3ccc(Cl)cc3Cl)n[nH]c2Nc2ccccc2)cc1. The maximum atomic E-state index is 13.6. The average molecular weight is 501 g/mol.